The highest BCUT2D eigenvalue weighted by molar-refractivity contribution is 5.90. The molecule has 0 atom stereocenters. The highest BCUT2D eigenvalue weighted by atomic mass is 16.5. The van der Waals surface area contributed by atoms with Gasteiger partial charge in [-0.3, -0.25) is 9.78 Å². The lowest BCUT2D eigenvalue weighted by Gasteiger charge is -2.39. The van der Waals surface area contributed by atoms with E-state index >= 15 is 0 Å². The van der Waals surface area contributed by atoms with E-state index in [0.29, 0.717) is 30.1 Å². The van der Waals surface area contributed by atoms with Gasteiger partial charge in [-0.1, -0.05) is 18.2 Å². The van der Waals surface area contributed by atoms with Crippen LogP contribution in [0.15, 0.2) is 48.8 Å². The number of amides is 3. The van der Waals surface area contributed by atoms with Crippen molar-refractivity contribution in [3.8, 4) is 0 Å². The van der Waals surface area contributed by atoms with E-state index in [4.69, 9.17) is 4.74 Å². The number of rotatable bonds is 5. The molecule has 0 saturated carbocycles. The Morgan fingerprint density at radius 1 is 0.912 bits per heavy atom. The van der Waals surface area contributed by atoms with Gasteiger partial charge < -0.3 is 19.9 Å². The molecule has 0 radical (unpaired) electrons. The zero-order chi connectivity index (χ0) is 23.3. The highest BCUT2D eigenvalue weighted by Gasteiger charge is 2.32. The quantitative estimate of drug-likeness (QED) is 0.721. The maximum absolute atomic E-state index is 12.7. The van der Waals surface area contributed by atoms with Crippen molar-refractivity contribution in [3.05, 3.63) is 59.9 Å². The molecule has 7 heteroatoms. The largest absolute Gasteiger partial charge is 0.381 e. The van der Waals surface area contributed by atoms with Crippen LogP contribution in [-0.4, -0.2) is 66.1 Å². The maximum Gasteiger partial charge on any atom is 0.321 e. The number of nitrogens with zero attached hydrogens (tertiary/aromatic N) is 3. The molecule has 0 spiro atoms. The van der Waals surface area contributed by atoms with Gasteiger partial charge in [0, 0.05) is 69.8 Å². The SMILES string of the molecule is O=C(CC1CCOCC1)N1CCC(c2ccc(NC(=O)N3CC(c4cccnc4)C3)cc2)CC1. The van der Waals surface area contributed by atoms with Crippen molar-refractivity contribution in [2.75, 3.05) is 44.7 Å². The first-order valence-corrected chi connectivity index (χ1v) is 12.6. The smallest absolute Gasteiger partial charge is 0.321 e. The number of piperidine rings is 1. The minimum Gasteiger partial charge on any atom is -0.381 e. The zero-order valence-corrected chi connectivity index (χ0v) is 19.7. The van der Waals surface area contributed by atoms with Gasteiger partial charge in [0.15, 0.2) is 0 Å². The molecule has 3 amide bonds. The van der Waals surface area contributed by atoms with Gasteiger partial charge in [-0.2, -0.15) is 0 Å². The van der Waals surface area contributed by atoms with Crippen molar-refractivity contribution in [1.82, 2.24) is 14.8 Å². The predicted octanol–water partition coefficient (Wildman–Crippen LogP) is 4.24. The molecule has 1 N–H and O–H groups in total. The summed E-state index contributed by atoms with van der Waals surface area (Å²) in [4.78, 5) is 33.3. The number of hydrogen-bond acceptors (Lipinski definition) is 4. The Hall–Kier alpha value is -2.93. The fraction of sp³-hybridized carbons (Fsp3) is 0.519. The first-order chi connectivity index (χ1) is 16.7. The number of carbonyl (C=O) groups excluding carboxylic acids is 2. The molecular weight excluding hydrogens is 428 g/mol. The molecule has 4 heterocycles. The van der Waals surface area contributed by atoms with Crippen molar-refractivity contribution in [2.45, 2.75) is 43.9 Å². The molecule has 34 heavy (non-hydrogen) atoms. The Morgan fingerprint density at radius 2 is 1.65 bits per heavy atom. The topological polar surface area (TPSA) is 74.8 Å². The van der Waals surface area contributed by atoms with Gasteiger partial charge in [0.2, 0.25) is 5.91 Å². The summed E-state index contributed by atoms with van der Waals surface area (Å²) in [6.07, 6.45) is 8.33. The molecule has 7 nitrogen and oxygen atoms in total. The van der Waals surface area contributed by atoms with Gasteiger partial charge in [-0.05, 0) is 66.8 Å². The summed E-state index contributed by atoms with van der Waals surface area (Å²) >= 11 is 0. The molecule has 1 aromatic heterocycles. The first kappa shape index (κ1) is 22.8. The van der Waals surface area contributed by atoms with Crippen LogP contribution in [0.4, 0.5) is 10.5 Å². The number of urea groups is 1. The number of anilines is 1. The zero-order valence-electron chi connectivity index (χ0n) is 19.7. The fourth-order valence-electron chi connectivity index (χ4n) is 5.30. The van der Waals surface area contributed by atoms with Crippen molar-refractivity contribution >= 4 is 17.6 Å². The lowest BCUT2D eigenvalue weighted by molar-refractivity contribution is -0.134. The first-order valence-electron chi connectivity index (χ1n) is 12.6. The van der Waals surface area contributed by atoms with Crippen molar-refractivity contribution in [3.63, 3.8) is 0 Å². The fourth-order valence-corrected chi connectivity index (χ4v) is 5.30. The number of carbonyl (C=O) groups is 2. The molecule has 3 aliphatic rings. The molecule has 180 valence electrons. The summed E-state index contributed by atoms with van der Waals surface area (Å²) < 4.78 is 5.41. The van der Waals surface area contributed by atoms with Gasteiger partial charge in [0.25, 0.3) is 0 Å². The molecular formula is C27H34N4O3. The van der Waals surface area contributed by atoms with Crippen LogP contribution in [0.25, 0.3) is 0 Å². The van der Waals surface area contributed by atoms with E-state index in [0.717, 1.165) is 70.8 Å². The standard InChI is InChI=1S/C27H34N4O3/c32-26(16-20-9-14-34-15-10-20)30-12-7-22(8-13-30)21-3-5-25(6-4-21)29-27(33)31-18-24(19-31)23-2-1-11-28-17-23/h1-6,11,17,20,22,24H,7-10,12-16,18-19H2,(H,29,33). The van der Waals surface area contributed by atoms with E-state index in [-0.39, 0.29) is 6.03 Å². The number of ether oxygens (including phenoxy) is 1. The Bertz CT molecular complexity index is 961. The normalized spacial score (nSPS) is 20.1. The molecule has 0 bridgehead atoms. The predicted molar refractivity (Wildman–Crippen MR) is 131 cm³/mol. The molecule has 3 saturated heterocycles. The molecule has 5 rings (SSSR count). The monoisotopic (exact) mass is 462 g/mol. The van der Waals surface area contributed by atoms with Gasteiger partial charge in [-0.25, -0.2) is 4.79 Å². The van der Waals surface area contributed by atoms with Crippen LogP contribution in [0.2, 0.25) is 0 Å². The van der Waals surface area contributed by atoms with Gasteiger partial charge in [0.1, 0.15) is 0 Å². The van der Waals surface area contributed by atoms with Crippen LogP contribution >= 0.6 is 0 Å². The lowest BCUT2D eigenvalue weighted by atomic mass is 9.88. The van der Waals surface area contributed by atoms with Crippen LogP contribution < -0.4 is 5.32 Å². The summed E-state index contributed by atoms with van der Waals surface area (Å²) in [5.41, 5.74) is 3.30. The van der Waals surface area contributed by atoms with Gasteiger partial charge in [-0.15, -0.1) is 0 Å². The average Bonchev–Trinajstić information content (AvgIpc) is 2.85. The van der Waals surface area contributed by atoms with E-state index in [1.807, 2.05) is 34.2 Å². The van der Waals surface area contributed by atoms with Gasteiger partial charge in [0.05, 0.1) is 0 Å². The van der Waals surface area contributed by atoms with Crippen molar-refractivity contribution in [2.24, 2.45) is 5.92 Å². The number of likely N-dealkylation sites (tertiary alicyclic amines) is 2. The van der Waals surface area contributed by atoms with E-state index in [1.165, 1.54) is 11.1 Å². The van der Waals surface area contributed by atoms with Crippen LogP contribution in [0.1, 0.15) is 55.1 Å². The number of hydrogen-bond donors (Lipinski definition) is 1. The number of pyridine rings is 1. The summed E-state index contributed by atoms with van der Waals surface area (Å²) in [6, 6.07) is 12.2. The number of aromatic nitrogens is 1. The molecule has 0 unspecified atom stereocenters. The Balaban J connectivity index is 1.06. The second-order valence-electron chi connectivity index (χ2n) is 9.86. The Labute approximate surface area is 201 Å². The average molecular weight is 463 g/mol. The van der Waals surface area contributed by atoms with E-state index in [9.17, 15) is 9.59 Å². The Kier molecular flexibility index (Phi) is 7.09. The van der Waals surface area contributed by atoms with Crippen LogP contribution in [0.3, 0.4) is 0 Å². The van der Waals surface area contributed by atoms with Crippen molar-refractivity contribution in [1.29, 1.82) is 0 Å². The molecule has 3 aliphatic heterocycles. The molecule has 1 aromatic carbocycles. The summed E-state index contributed by atoms with van der Waals surface area (Å²) in [5.74, 6) is 1.63. The lowest BCUT2D eigenvalue weighted by Crippen LogP contribution is -2.50. The molecule has 3 fully saturated rings. The van der Waals surface area contributed by atoms with Gasteiger partial charge >= 0.3 is 6.03 Å². The third-order valence-corrected chi connectivity index (χ3v) is 7.61. The third kappa shape index (κ3) is 5.41. The maximum atomic E-state index is 12.7. The highest BCUT2D eigenvalue weighted by Crippen LogP contribution is 2.31. The minimum absolute atomic E-state index is 0.0516. The van der Waals surface area contributed by atoms with E-state index in [2.05, 4.69) is 28.5 Å². The second-order valence-corrected chi connectivity index (χ2v) is 9.86. The number of nitrogens with one attached hydrogen (secondary N) is 1. The summed E-state index contributed by atoms with van der Waals surface area (Å²) in [6.45, 7) is 4.69. The van der Waals surface area contributed by atoms with Crippen LogP contribution in [0, 0.1) is 5.92 Å². The Morgan fingerprint density at radius 3 is 2.32 bits per heavy atom. The van der Waals surface area contributed by atoms with Crippen LogP contribution in [-0.2, 0) is 9.53 Å². The van der Waals surface area contributed by atoms with E-state index < -0.39 is 0 Å². The number of benzene rings is 1. The third-order valence-electron chi connectivity index (χ3n) is 7.61. The summed E-state index contributed by atoms with van der Waals surface area (Å²) in [5, 5.41) is 3.02. The van der Waals surface area contributed by atoms with Crippen molar-refractivity contribution < 1.29 is 14.3 Å². The van der Waals surface area contributed by atoms with E-state index in [1.54, 1.807) is 6.20 Å². The second kappa shape index (κ2) is 10.6. The molecule has 0 aliphatic carbocycles. The van der Waals surface area contributed by atoms with Crippen LogP contribution in [0.5, 0.6) is 0 Å². The minimum atomic E-state index is -0.0516. The molecule has 2 aromatic rings. The summed E-state index contributed by atoms with van der Waals surface area (Å²) in [7, 11) is 0.